The van der Waals surface area contributed by atoms with Crippen LogP contribution in [0.4, 0.5) is 10.5 Å². The van der Waals surface area contributed by atoms with E-state index < -0.39 is 6.03 Å². The number of nitrogens with one attached hydrogen (secondary N) is 1. The van der Waals surface area contributed by atoms with Gasteiger partial charge in [0.15, 0.2) is 0 Å². The van der Waals surface area contributed by atoms with Gasteiger partial charge in [-0.05, 0) is 35.2 Å². The molecule has 0 saturated heterocycles. The molecule has 0 atom stereocenters. The van der Waals surface area contributed by atoms with Crippen LogP contribution in [0, 0.1) is 0 Å². The number of anilines is 1. The first-order valence-electron chi connectivity index (χ1n) is 6.33. The van der Waals surface area contributed by atoms with Crippen molar-refractivity contribution in [3.8, 4) is 0 Å². The zero-order valence-corrected chi connectivity index (χ0v) is 11.6. The van der Waals surface area contributed by atoms with Crippen molar-refractivity contribution in [2.75, 3.05) is 5.32 Å². The van der Waals surface area contributed by atoms with Crippen molar-refractivity contribution >= 4 is 33.1 Å². The van der Waals surface area contributed by atoms with Crippen LogP contribution in [0.5, 0.6) is 0 Å². The number of thiophene rings is 1. The molecule has 0 spiro atoms. The fourth-order valence-electron chi connectivity index (χ4n) is 2.17. The number of hydrogen-bond donors (Lipinski definition) is 2. The van der Waals surface area contributed by atoms with Crippen molar-refractivity contribution < 1.29 is 4.79 Å². The molecule has 3 rings (SSSR count). The van der Waals surface area contributed by atoms with Gasteiger partial charge in [-0.3, -0.25) is 0 Å². The number of benzene rings is 2. The summed E-state index contributed by atoms with van der Waals surface area (Å²) in [6, 6.07) is 17.8. The number of hydrogen-bond acceptors (Lipinski definition) is 2. The van der Waals surface area contributed by atoms with E-state index in [1.165, 1.54) is 20.5 Å². The van der Waals surface area contributed by atoms with Gasteiger partial charge in [0.25, 0.3) is 0 Å². The summed E-state index contributed by atoms with van der Waals surface area (Å²) in [7, 11) is 0. The molecule has 2 aromatic carbocycles. The zero-order valence-electron chi connectivity index (χ0n) is 10.8. The standard InChI is InChI=1S/C16H14N2OS/c17-16(19)18-13-7-5-11(6-8-13)9-14-10-12-3-1-2-4-15(12)20-14/h1-8,10H,9H2,(H3,17,18,19). The van der Waals surface area contributed by atoms with Crippen LogP contribution in [-0.4, -0.2) is 6.03 Å². The topological polar surface area (TPSA) is 55.1 Å². The molecule has 2 amide bonds. The molecule has 0 aliphatic heterocycles. The first-order chi connectivity index (χ1) is 9.70. The third-order valence-corrected chi connectivity index (χ3v) is 4.19. The van der Waals surface area contributed by atoms with Gasteiger partial charge in [0.1, 0.15) is 0 Å². The molecule has 0 fully saturated rings. The largest absolute Gasteiger partial charge is 0.351 e. The van der Waals surface area contributed by atoms with Crippen molar-refractivity contribution in [1.82, 2.24) is 0 Å². The number of carbonyl (C=O) groups excluding carboxylic acids is 1. The highest BCUT2D eigenvalue weighted by Gasteiger charge is 2.03. The fraction of sp³-hybridized carbons (Fsp3) is 0.0625. The van der Waals surface area contributed by atoms with Crippen molar-refractivity contribution in [2.45, 2.75) is 6.42 Å². The smallest absolute Gasteiger partial charge is 0.316 e. The highest BCUT2D eigenvalue weighted by molar-refractivity contribution is 7.19. The average Bonchev–Trinajstić information content (AvgIpc) is 2.82. The van der Waals surface area contributed by atoms with E-state index in [2.05, 4.69) is 35.6 Å². The predicted octanol–water partition coefficient (Wildman–Crippen LogP) is 3.98. The van der Waals surface area contributed by atoms with Crippen LogP contribution in [0.3, 0.4) is 0 Å². The average molecular weight is 282 g/mol. The van der Waals surface area contributed by atoms with Gasteiger partial charge in [-0.25, -0.2) is 4.79 Å². The van der Waals surface area contributed by atoms with Gasteiger partial charge in [0.05, 0.1) is 0 Å². The Morgan fingerprint density at radius 1 is 1.10 bits per heavy atom. The van der Waals surface area contributed by atoms with Gasteiger partial charge >= 0.3 is 6.03 Å². The van der Waals surface area contributed by atoms with Crippen LogP contribution in [0.2, 0.25) is 0 Å². The second-order valence-corrected chi connectivity index (χ2v) is 5.78. The quantitative estimate of drug-likeness (QED) is 0.750. The summed E-state index contributed by atoms with van der Waals surface area (Å²) < 4.78 is 1.31. The summed E-state index contributed by atoms with van der Waals surface area (Å²) >= 11 is 1.82. The van der Waals surface area contributed by atoms with E-state index in [1.54, 1.807) is 0 Å². The Kier molecular flexibility index (Phi) is 3.39. The lowest BCUT2D eigenvalue weighted by atomic mass is 10.1. The molecule has 0 radical (unpaired) electrons. The van der Waals surface area contributed by atoms with Gasteiger partial charge in [0.2, 0.25) is 0 Å². The number of urea groups is 1. The summed E-state index contributed by atoms with van der Waals surface area (Å²) in [4.78, 5) is 12.1. The van der Waals surface area contributed by atoms with E-state index in [1.807, 2.05) is 35.6 Å². The second-order valence-electron chi connectivity index (χ2n) is 4.61. The molecule has 0 unspecified atom stereocenters. The summed E-state index contributed by atoms with van der Waals surface area (Å²) in [6.45, 7) is 0. The molecule has 0 aliphatic carbocycles. The Labute approximate surface area is 121 Å². The van der Waals surface area contributed by atoms with E-state index in [4.69, 9.17) is 5.73 Å². The van der Waals surface area contributed by atoms with Crippen molar-refractivity contribution in [3.05, 3.63) is 65.0 Å². The Bertz CT molecular complexity index is 714. The maximum atomic E-state index is 10.8. The van der Waals surface area contributed by atoms with E-state index in [-0.39, 0.29) is 0 Å². The van der Waals surface area contributed by atoms with Crippen molar-refractivity contribution in [2.24, 2.45) is 5.73 Å². The third kappa shape index (κ3) is 2.81. The van der Waals surface area contributed by atoms with Crippen molar-refractivity contribution in [3.63, 3.8) is 0 Å². The van der Waals surface area contributed by atoms with Crippen LogP contribution in [0.25, 0.3) is 10.1 Å². The number of nitrogens with two attached hydrogens (primary N) is 1. The van der Waals surface area contributed by atoms with Gasteiger partial charge in [0, 0.05) is 21.7 Å². The number of rotatable bonds is 3. The molecular weight excluding hydrogens is 268 g/mol. The lowest BCUT2D eigenvalue weighted by Crippen LogP contribution is -2.19. The summed E-state index contributed by atoms with van der Waals surface area (Å²) in [6.07, 6.45) is 0.899. The number of amides is 2. The maximum Gasteiger partial charge on any atom is 0.316 e. The minimum atomic E-state index is -0.540. The Morgan fingerprint density at radius 3 is 2.55 bits per heavy atom. The second kappa shape index (κ2) is 5.35. The molecule has 0 bridgehead atoms. The molecular formula is C16H14N2OS. The molecule has 3 nitrogen and oxygen atoms in total. The molecule has 3 N–H and O–H groups in total. The van der Waals surface area contributed by atoms with E-state index in [0.29, 0.717) is 0 Å². The monoisotopic (exact) mass is 282 g/mol. The SMILES string of the molecule is NC(=O)Nc1ccc(Cc2cc3ccccc3s2)cc1. The van der Waals surface area contributed by atoms with E-state index >= 15 is 0 Å². The van der Waals surface area contributed by atoms with E-state index in [9.17, 15) is 4.79 Å². The Balaban J connectivity index is 1.78. The minimum Gasteiger partial charge on any atom is -0.351 e. The van der Waals surface area contributed by atoms with Crippen LogP contribution < -0.4 is 11.1 Å². The highest BCUT2D eigenvalue weighted by atomic mass is 32.1. The molecule has 4 heteroatoms. The van der Waals surface area contributed by atoms with Crippen LogP contribution in [-0.2, 0) is 6.42 Å². The van der Waals surface area contributed by atoms with Gasteiger partial charge < -0.3 is 11.1 Å². The summed E-state index contributed by atoms with van der Waals surface area (Å²) in [5, 5.41) is 3.85. The first-order valence-corrected chi connectivity index (χ1v) is 7.15. The third-order valence-electron chi connectivity index (χ3n) is 3.08. The van der Waals surface area contributed by atoms with Crippen molar-refractivity contribution in [1.29, 1.82) is 0 Å². The lowest BCUT2D eigenvalue weighted by molar-refractivity contribution is 0.259. The normalized spacial score (nSPS) is 10.6. The van der Waals surface area contributed by atoms with Crippen LogP contribution >= 0.6 is 11.3 Å². The predicted molar refractivity (Wildman–Crippen MR) is 84.3 cm³/mol. The molecule has 0 aliphatic rings. The number of fused-ring (bicyclic) bond motifs is 1. The molecule has 0 saturated carbocycles. The Morgan fingerprint density at radius 2 is 1.85 bits per heavy atom. The van der Waals surface area contributed by atoms with Crippen LogP contribution in [0.15, 0.2) is 54.6 Å². The van der Waals surface area contributed by atoms with Gasteiger partial charge in [-0.1, -0.05) is 30.3 Å². The maximum absolute atomic E-state index is 10.8. The molecule has 20 heavy (non-hydrogen) atoms. The number of carbonyl (C=O) groups is 1. The molecule has 1 heterocycles. The minimum absolute atomic E-state index is 0.540. The lowest BCUT2D eigenvalue weighted by Gasteiger charge is -2.03. The number of primary amides is 1. The molecule has 1 aromatic heterocycles. The summed E-state index contributed by atoms with van der Waals surface area (Å²) in [5.41, 5.74) is 7.02. The molecule has 3 aromatic rings. The first kappa shape index (κ1) is 12.7. The van der Waals surface area contributed by atoms with Gasteiger partial charge in [-0.15, -0.1) is 11.3 Å². The Hall–Kier alpha value is -2.33. The zero-order chi connectivity index (χ0) is 13.9. The fourth-order valence-corrected chi connectivity index (χ4v) is 3.27. The summed E-state index contributed by atoms with van der Waals surface area (Å²) in [5.74, 6) is 0. The van der Waals surface area contributed by atoms with Crippen LogP contribution in [0.1, 0.15) is 10.4 Å². The van der Waals surface area contributed by atoms with Gasteiger partial charge in [-0.2, -0.15) is 0 Å². The van der Waals surface area contributed by atoms with E-state index in [0.717, 1.165) is 12.1 Å². The molecule has 100 valence electrons. The highest BCUT2D eigenvalue weighted by Crippen LogP contribution is 2.27.